The van der Waals surface area contributed by atoms with E-state index in [9.17, 15) is 9.59 Å². The Balaban J connectivity index is 1.92. The largest absolute Gasteiger partial charge is 0.465 e. The van der Waals surface area contributed by atoms with E-state index in [2.05, 4.69) is 17.1 Å². The summed E-state index contributed by atoms with van der Waals surface area (Å²) in [5, 5.41) is 0. The fourth-order valence-corrected chi connectivity index (χ4v) is 3.63. The summed E-state index contributed by atoms with van der Waals surface area (Å²) in [4.78, 5) is 29.7. The van der Waals surface area contributed by atoms with Crippen molar-refractivity contribution in [3.63, 3.8) is 0 Å². The van der Waals surface area contributed by atoms with Crippen LogP contribution in [0.1, 0.15) is 55.7 Å². The number of H-pyrrole nitrogens is 1. The van der Waals surface area contributed by atoms with Crippen LogP contribution >= 0.6 is 0 Å². The van der Waals surface area contributed by atoms with Crippen LogP contribution < -0.4 is 0 Å². The normalized spacial score (nSPS) is 15.9. The monoisotopic (exact) mass is 326 g/mol. The van der Waals surface area contributed by atoms with Crippen LogP contribution in [0.3, 0.4) is 0 Å². The summed E-state index contributed by atoms with van der Waals surface area (Å²) in [7, 11) is 3.17. The molecule has 24 heavy (non-hydrogen) atoms. The number of ether oxygens (including phenoxy) is 1. The lowest BCUT2D eigenvalue weighted by atomic mass is 10.1. The molecule has 5 nitrogen and oxygen atoms in total. The first-order valence-electron chi connectivity index (χ1n) is 8.08. The fourth-order valence-electron chi connectivity index (χ4n) is 3.63. The summed E-state index contributed by atoms with van der Waals surface area (Å²) in [6.45, 7) is 3.56. The van der Waals surface area contributed by atoms with Crippen LogP contribution in [-0.4, -0.2) is 35.9 Å². The summed E-state index contributed by atoms with van der Waals surface area (Å²) >= 11 is 0. The average molecular weight is 326 g/mol. The molecule has 0 bridgehead atoms. The lowest BCUT2D eigenvalue weighted by Crippen LogP contribution is -2.31. The molecule has 5 heteroatoms. The van der Waals surface area contributed by atoms with Gasteiger partial charge in [-0.25, -0.2) is 4.79 Å². The topological polar surface area (TPSA) is 62.4 Å². The van der Waals surface area contributed by atoms with E-state index in [1.807, 2.05) is 19.2 Å². The highest BCUT2D eigenvalue weighted by atomic mass is 16.5. The fraction of sp³-hybridized carbons (Fsp3) is 0.368. The zero-order chi connectivity index (χ0) is 17.4. The number of aromatic nitrogens is 1. The van der Waals surface area contributed by atoms with Crippen molar-refractivity contribution in [1.29, 1.82) is 0 Å². The van der Waals surface area contributed by atoms with Gasteiger partial charge in [-0.05, 0) is 43.4 Å². The molecule has 0 fully saturated rings. The van der Waals surface area contributed by atoms with E-state index in [4.69, 9.17) is 4.74 Å². The number of fused-ring (bicyclic) bond motifs is 1. The van der Waals surface area contributed by atoms with E-state index in [0.717, 1.165) is 12.8 Å². The van der Waals surface area contributed by atoms with E-state index < -0.39 is 5.97 Å². The van der Waals surface area contributed by atoms with E-state index in [1.165, 1.54) is 18.2 Å². The number of esters is 1. The summed E-state index contributed by atoms with van der Waals surface area (Å²) in [5.41, 5.74) is 4.71. The van der Waals surface area contributed by atoms with Gasteiger partial charge in [0.1, 0.15) is 5.69 Å². The van der Waals surface area contributed by atoms with Gasteiger partial charge in [-0.1, -0.05) is 24.3 Å². The van der Waals surface area contributed by atoms with Gasteiger partial charge in [0, 0.05) is 12.7 Å². The van der Waals surface area contributed by atoms with Crippen molar-refractivity contribution in [1.82, 2.24) is 9.88 Å². The highest BCUT2D eigenvalue weighted by Gasteiger charge is 2.31. The second-order valence-corrected chi connectivity index (χ2v) is 6.29. The van der Waals surface area contributed by atoms with Crippen LogP contribution in [0.15, 0.2) is 24.3 Å². The number of carbonyl (C=O) groups excluding carboxylic acids is 2. The molecular formula is C19H22N2O3. The van der Waals surface area contributed by atoms with Gasteiger partial charge in [-0.3, -0.25) is 4.79 Å². The predicted octanol–water partition coefficient (Wildman–Crippen LogP) is 3.18. The molecule has 0 aliphatic heterocycles. The van der Waals surface area contributed by atoms with Crippen molar-refractivity contribution in [3.8, 4) is 0 Å². The number of carbonyl (C=O) groups is 2. The van der Waals surface area contributed by atoms with E-state index in [0.29, 0.717) is 22.5 Å². The van der Waals surface area contributed by atoms with E-state index in [-0.39, 0.29) is 11.9 Å². The summed E-state index contributed by atoms with van der Waals surface area (Å²) < 4.78 is 4.81. The van der Waals surface area contributed by atoms with Gasteiger partial charge < -0.3 is 14.6 Å². The first kappa shape index (κ1) is 16.3. The minimum Gasteiger partial charge on any atom is -0.465 e. The molecule has 0 radical (unpaired) electrons. The Hall–Kier alpha value is -2.56. The Bertz CT molecular complexity index is 807. The molecule has 1 aromatic carbocycles. The number of methoxy groups -OCH3 is 1. The highest BCUT2D eigenvalue weighted by Crippen LogP contribution is 2.35. The van der Waals surface area contributed by atoms with Crippen molar-refractivity contribution in [2.24, 2.45) is 0 Å². The Morgan fingerprint density at radius 2 is 1.96 bits per heavy atom. The van der Waals surface area contributed by atoms with Crippen molar-refractivity contribution in [2.45, 2.75) is 32.7 Å². The van der Waals surface area contributed by atoms with Crippen molar-refractivity contribution in [3.05, 3.63) is 57.9 Å². The molecule has 1 amide bonds. The molecule has 0 saturated heterocycles. The van der Waals surface area contributed by atoms with Crippen molar-refractivity contribution < 1.29 is 14.3 Å². The average Bonchev–Trinajstić information content (AvgIpc) is 3.14. The molecule has 126 valence electrons. The lowest BCUT2D eigenvalue weighted by molar-refractivity contribution is 0.0599. The smallest absolute Gasteiger partial charge is 0.339 e. The van der Waals surface area contributed by atoms with Crippen LogP contribution in [0.25, 0.3) is 0 Å². The summed E-state index contributed by atoms with van der Waals surface area (Å²) in [6.07, 6.45) is 1.90. The Kier molecular flexibility index (Phi) is 4.18. The van der Waals surface area contributed by atoms with Crippen LogP contribution in [0, 0.1) is 13.8 Å². The van der Waals surface area contributed by atoms with Gasteiger partial charge in [0.25, 0.3) is 5.91 Å². The molecule has 1 aliphatic rings. The lowest BCUT2D eigenvalue weighted by Gasteiger charge is -2.25. The minimum absolute atomic E-state index is 0.0679. The maximum atomic E-state index is 13.0. The Morgan fingerprint density at radius 1 is 1.25 bits per heavy atom. The van der Waals surface area contributed by atoms with Gasteiger partial charge in [-0.15, -0.1) is 0 Å². The maximum absolute atomic E-state index is 13.0. The summed E-state index contributed by atoms with van der Waals surface area (Å²) in [6, 6.07) is 8.31. The number of amides is 1. The first-order chi connectivity index (χ1) is 11.5. The summed E-state index contributed by atoms with van der Waals surface area (Å²) in [5.74, 6) is -0.526. The van der Waals surface area contributed by atoms with Crippen LogP contribution in [0.5, 0.6) is 0 Å². The molecular weight excluding hydrogens is 304 g/mol. The number of nitrogens with one attached hydrogen (secondary N) is 1. The zero-order valence-electron chi connectivity index (χ0n) is 14.5. The first-order valence-corrected chi connectivity index (χ1v) is 8.08. The molecule has 0 saturated carbocycles. The third-order valence-electron chi connectivity index (χ3n) is 4.93. The van der Waals surface area contributed by atoms with Gasteiger partial charge >= 0.3 is 5.97 Å². The predicted molar refractivity (Wildman–Crippen MR) is 91.2 cm³/mol. The number of benzene rings is 1. The molecule has 3 rings (SSSR count). The molecule has 0 unspecified atom stereocenters. The zero-order valence-corrected chi connectivity index (χ0v) is 14.5. The molecule has 1 aliphatic carbocycles. The quantitative estimate of drug-likeness (QED) is 0.881. The number of nitrogens with zero attached hydrogens (tertiary/aromatic N) is 1. The van der Waals surface area contributed by atoms with Gasteiger partial charge in [0.2, 0.25) is 0 Å². The van der Waals surface area contributed by atoms with Crippen molar-refractivity contribution in [2.75, 3.05) is 14.2 Å². The molecule has 1 N–H and O–H groups in total. The molecule has 0 spiro atoms. The third kappa shape index (κ3) is 2.50. The Labute approximate surface area is 141 Å². The molecule has 2 aromatic rings. The van der Waals surface area contributed by atoms with Crippen LogP contribution in [-0.2, 0) is 11.2 Å². The van der Waals surface area contributed by atoms with E-state index >= 15 is 0 Å². The Morgan fingerprint density at radius 3 is 2.67 bits per heavy atom. The highest BCUT2D eigenvalue weighted by molar-refractivity contribution is 6.00. The van der Waals surface area contributed by atoms with Crippen molar-refractivity contribution >= 4 is 11.9 Å². The number of aromatic amines is 1. The van der Waals surface area contributed by atoms with Crippen LogP contribution in [0.4, 0.5) is 0 Å². The maximum Gasteiger partial charge on any atom is 0.339 e. The number of aryl methyl sites for hydroxylation is 2. The number of hydrogen-bond acceptors (Lipinski definition) is 3. The number of rotatable bonds is 3. The molecule has 1 heterocycles. The third-order valence-corrected chi connectivity index (χ3v) is 4.93. The molecule has 1 aromatic heterocycles. The SMILES string of the molecule is COC(=O)c1c(C)[nH]c(C(=O)N(C)[C@@H]2CCc3ccccc32)c1C. The second-order valence-electron chi connectivity index (χ2n) is 6.29. The standard InChI is InChI=1S/C19H22N2O3/c1-11-16(19(23)24-4)12(2)20-17(11)18(22)21(3)15-10-9-13-7-5-6-8-14(13)15/h5-8,15,20H,9-10H2,1-4H3/t15-/m1/s1. The van der Waals surface area contributed by atoms with E-state index in [1.54, 1.807) is 18.7 Å². The van der Waals surface area contributed by atoms with Crippen LogP contribution in [0.2, 0.25) is 0 Å². The van der Waals surface area contributed by atoms with Gasteiger partial charge in [-0.2, -0.15) is 0 Å². The number of hydrogen-bond donors (Lipinski definition) is 1. The van der Waals surface area contributed by atoms with Gasteiger partial charge in [0.05, 0.1) is 18.7 Å². The minimum atomic E-state index is -0.422. The second kappa shape index (κ2) is 6.15. The van der Waals surface area contributed by atoms with Gasteiger partial charge in [0.15, 0.2) is 0 Å². The molecule has 1 atom stereocenters.